The molecule has 1 aliphatic heterocycles. The van der Waals surface area contributed by atoms with Gasteiger partial charge in [-0.1, -0.05) is 36.4 Å². The Balaban J connectivity index is 1.51. The van der Waals surface area contributed by atoms with Crippen molar-refractivity contribution in [1.29, 1.82) is 0 Å². The molecule has 5 heteroatoms. The van der Waals surface area contributed by atoms with E-state index in [2.05, 4.69) is 29.2 Å². The minimum Gasteiger partial charge on any atom is -0.299 e. The van der Waals surface area contributed by atoms with Crippen molar-refractivity contribution < 1.29 is 9.72 Å². The first-order valence-electron chi connectivity index (χ1n) is 8.20. The highest BCUT2D eigenvalue weighted by molar-refractivity contribution is 5.96. The highest BCUT2D eigenvalue weighted by atomic mass is 16.6. The van der Waals surface area contributed by atoms with Gasteiger partial charge in [0.05, 0.1) is 4.92 Å². The molecular formula is C19H20N2O3. The smallest absolute Gasteiger partial charge is 0.270 e. The number of fused-ring (bicyclic) bond motifs is 1. The van der Waals surface area contributed by atoms with Gasteiger partial charge in [-0.2, -0.15) is 0 Å². The molecular weight excluding hydrogens is 304 g/mol. The van der Waals surface area contributed by atoms with E-state index < -0.39 is 4.92 Å². The molecule has 0 unspecified atom stereocenters. The van der Waals surface area contributed by atoms with E-state index in [-0.39, 0.29) is 11.5 Å². The van der Waals surface area contributed by atoms with E-state index in [1.54, 1.807) is 12.1 Å². The Hall–Kier alpha value is -2.53. The molecule has 0 bridgehead atoms. The Morgan fingerprint density at radius 1 is 1.12 bits per heavy atom. The lowest BCUT2D eigenvalue weighted by Crippen LogP contribution is -2.31. The summed E-state index contributed by atoms with van der Waals surface area (Å²) < 4.78 is 0. The molecule has 124 valence electrons. The molecule has 1 aliphatic rings. The number of ketones is 1. The summed E-state index contributed by atoms with van der Waals surface area (Å²) in [6, 6.07) is 14.5. The fourth-order valence-corrected chi connectivity index (χ4v) is 3.15. The van der Waals surface area contributed by atoms with Gasteiger partial charge in [0.25, 0.3) is 5.69 Å². The van der Waals surface area contributed by atoms with Crippen LogP contribution in [-0.4, -0.2) is 28.7 Å². The van der Waals surface area contributed by atoms with Gasteiger partial charge in [-0.25, -0.2) is 0 Å². The number of nitro groups is 1. The van der Waals surface area contributed by atoms with Gasteiger partial charge in [-0.15, -0.1) is 0 Å². The van der Waals surface area contributed by atoms with Crippen molar-refractivity contribution in [2.75, 3.05) is 13.1 Å². The van der Waals surface area contributed by atoms with Crippen LogP contribution in [0.15, 0.2) is 48.5 Å². The van der Waals surface area contributed by atoms with E-state index in [0.29, 0.717) is 12.0 Å². The summed E-state index contributed by atoms with van der Waals surface area (Å²) in [6.07, 6.45) is 2.23. The zero-order valence-electron chi connectivity index (χ0n) is 13.5. The van der Waals surface area contributed by atoms with Crippen LogP contribution in [0.4, 0.5) is 5.69 Å². The fourth-order valence-electron chi connectivity index (χ4n) is 3.15. The Morgan fingerprint density at radius 3 is 2.71 bits per heavy atom. The second kappa shape index (κ2) is 7.36. The van der Waals surface area contributed by atoms with Crippen LogP contribution < -0.4 is 0 Å². The average molecular weight is 324 g/mol. The minimum absolute atomic E-state index is 0.0314. The Morgan fingerprint density at radius 2 is 1.92 bits per heavy atom. The normalized spacial score (nSPS) is 14.2. The maximum atomic E-state index is 12.2. The van der Waals surface area contributed by atoms with Crippen LogP contribution >= 0.6 is 0 Å². The maximum Gasteiger partial charge on any atom is 0.270 e. The van der Waals surface area contributed by atoms with Gasteiger partial charge in [0.1, 0.15) is 0 Å². The molecule has 5 nitrogen and oxygen atoms in total. The number of non-ortho nitro benzene ring substituents is 1. The molecule has 0 saturated carbocycles. The molecule has 0 fully saturated rings. The van der Waals surface area contributed by atoms with Gasteiger partial charge in [0, 0.05) is 37.2 Å². The molecule has 0 saturated heterocycles. The fraction of sp³-hybridized carbons (Fsp3) is 0.316. The van der Waals surface area contributed by atoms with E-state index in [1.165, 1.54) is 23.3 Å². The topological polar surface area (TPSA) is 63.5 Å². The van der Waals surface area contributed by atoms with Crippen molar-refractivity contribution in [3.63, 3.8) is 0 Å². The molecule has 0 spiro atoms. The first-order chi connectivity index (χ1) is 11.6. The summed E-state index contributed by atoms with van der Waals surface area (Å²) in [7, 11) is 0. The monoisotopic (exact) mass is 324 g/mol. The molecule has 0 N–H and O–H groups in total. The zero-order valence-corrected chi connectivity index (χ0v) is 13.5. The van der Waals surface area contributed by atoms with E-state index in [1.807, 2.05) is 0 Å². The number of hydrogen-bond acceptors (Lipinski definition) is 4. The van der Waals surface area contributed by atoms with Gasteiger partial charge in [0.15, 0.2) is 5.78 Å². The van der Waals surface area contributed by atoms with Crippen LogP contribution in [0.1, 0.15) is 34.3 Å². The second-order valence-corrected chi connectivity index (χ2v) is 6.13. The predicted molar refractivity (Wildman–Crippen MR) is 92.1 cm³/mol. The van der Waals surface area contributed by atoms with Crippen LogP contribution in [-0.2, 0) is 13.0 Å². The molecule has 0 amide bonds. The van der Waals surface area contributed by atoms with Crippen LogP contribution in [0.25, 0.3) is 0 Å². The molecule has 24 heavy (non-hydrogen) atoms. The highest BCUT2D eigenvalue weighted by Gasteiger charge is 2.16. The quantitative estimate of drug-likeness (QED) is 0.462. The zero-order chi connectivity index (χ0) is 16.9. The van der Waals surface area contributed by atoms with Crippen LogP contribution in [0, 0.1) is 10.1 Å². The summed E-state index contributed by atoms with van der Waals surface area (Å²) in [6.45, 7) is 2.82. The maximum absolute atomic E-state index is 12.2. The summed E-state index contributed by atoms with van der Waals surface area (Å²) in [4.78, 5) is 24.9. The average Bonchev–Trinajstić information content (AvgIpc) is 2.61. The Bertz CT molecular complexity index is 758. The Kier molecular flexibility index (Phi) is 5.01. The van der Waals surface area contributed by atoms with E-state index in [9.17, 15) is 14.9 Å². The standard InChI is InChI=1S/C19H20N2O3/c22-19(16-7-3-8-18(13-16)21(23)24)9-4-11-20-12-10-15-5-1-2-6-17(15)14-20/h1-3,5-8,13H,4,9-12,14H2. The van der Waals surface area contributed by atoms with Crippen molar-refractivity contribution in [3.8, 4) is 0 Å². The van der Waals surface area contributed by atoms with Crippen molar-refractivity contribution in [3.05, 3.63) is 75.3 Å². The molecule has 0 atom stereocenters. The number of hydrogen-bond donors (Lipinski definition) is 0. The van der Waals surface area contributed by atoms with Gasteiger partial charge in [0.2, 0.25) is 0 Å². The molecule has 0 radical (unpaired) electrons. The van der Waals surface area contributed by atoms with Gasteiger partial charge < -0.3 is 0 Å². The summed E-state index contributed by atoms with van der Waals surface area (Å²) in [5.74, 6) is -0.0314. The van der Waals surface area contributed by atoms with Crippen LogP contribution in [0.2, 0.25) is 0 Å². The van der Waals surface area contributed by atoms with E-state index in [0.717, 1.165) is 32.5 Å². The molecule has 2 aromatic carbocycles. The predicted octanol–water partition coefficient (Wildman–Crippen LogP) is 3.62. The van der Waals surface area contributed by atoms with Crippen molar-refractivity contribution >= 4 is 11.5 Å². The third-order valence-electron chi connectivity index (χ3n) is 4.47. The summed E-state index contributed by atoms with van der Waals surface area (Å²) in [5.41, 5.74) is 3.18. The van der Waals surface area contributed by atoms with Gasteiger partial charge in [-0.05, 0) is 30.5 Å². The lowest BCUT2D eigenvalue weighted by molar-refractivity contribution is -0.384. The first-order valence-corrected chi connectivity index (χ1v) is 8.20. The lowest BCUT2D eigenvalue weighted by atomic mass is 9.99. The molecule has 2 aromatic rings. The van der Waals surface area contributed by atoms with Crippen LogP contribution in [0.5, 0.6) is 0 Å². The number of benzene rings is 2. The number of nitro benzene ring substituents is 1. The lowest BCUT2D eigenvalue weighted by Gasteiger charge is -2.28. The number of carbonyl (C=O) groups excluding carboxylic acids is 1. The van der Waals surface area contributed by atoms with Crippen molar-refractivity contribution in [2.45, 2.75) is 25.8 Å². The Labute approximate surface area is 141 Å². The second-order valence-electron chi connectivity index (χ2n) is 6.13. The minimum atomic E-state index is -0.470. The highest BCUT2D eigenvalue weighted by Crippen LogP contribution is 2.19. The van der Waals surface area contributed by atoms with Crippen LogP contribution in [0.3, 0.4) is 0 Å². The number of nitrogens with zero attached hydrogens (tertiary/aromatic N) is 2. The third kappa shape index (κ3) is 3.86. The SMILES string of the molecule is O=C(CCCN1CCc2ccccc2C1)c1cccc([N+](=O)[O-])c1. The van der Waals surface area contributed by atoms with E-state index in [4.69, 9.17) is 0 Å². The van der Waals surface area contributed by atoms with Crippen molar-refractivity contribution in [2.24, 2.45) is 0 Å². The van der Waals surface area contributed by atoms with Crippen molar-refractivity contribution in [1.82, 2.24) is 4.90 Å². The van der Waals surface area contributed by atoms with Gasteiger partial charge >= 0.3 is 0 Å². The number of carbonyl (C=O) groups is 1. The first kappa shape index (κ1) is 16.3. The molecule has 3 rings (SSSR count). The molecule has 0 aliphatic carbocycles. The molecule has 0 aromatic heterocycles. The van der Waals surface area contributed by atoms with Gasteiger partial charge in [-0.3, -0.25) is 19.8 Å². The summed E-state index contributed by atoms with van der Waals surface area (Å²) in [5, 5.41) is 10.8. The largest absolute Gasteiger partial charge is 0.299 e. The number of Topliss-reactive ketones (excluding diaryl/α,β-unsaturated/α-hetero) is 1. The van der Waals surface area contributed by atoms with E-state index >= 15 is 0 Å². The molecule has 1 heterocycles. The number of rotatable bonds is 6. The summed E-state index contributed by atoms with van der Waals surface area (Å²) >= 11 is 0. The third-order valence-corrected chi connectivity index (χ3v) is 4.47.